The van der Waals surface area contributed by atoms with E-state index in [-0.39, 0.29) is 6.29 Å². The Morgan fingerprint density at radius 2 is 1.67 bits per heavy atom. The molecule has 1 aromatic carbocycles. The summed E-state index contributed by atoms with van der Waals surface area (Å²) in [6, 6.07) is 10.8. The van der Waals surface area contributed by atoms with Crippen molar-refractivity contribution in [2.45, 2.75) is 18.6 Å². The van der Waals surface area contributed by atoms with Gasteiger partial charge in [-0.25, -0.2) is 0 Å². The summed E-state index contributed by atoms with van der Waals surface area (Å²) < 4.78 is 11.1. The number of fused-ring (bicyclic) bond motifs is 2. The van der Waals surface area contributed by atoms with E-state index in [1.807, 2.05) is 0 Å². The van der Waals surface area contributed by atoms with Crippen LogP contribution in [0.4, 0.5) is 0 Å². The van der Waals surface area contributed by atoms with Gasteiger partial charge in [0.1, 0.15) is 0 Å². The molecule has 2 aliphatic rings. The molecule has 0 spiro atoms. The van der Waals surface area contributed by atoms with E-state index in [1.54, 1.807) is 14.2 Å². The number of rotatable bonds is 4. The van der Waals surface area contributed by atoms with Crippen molar-refractivity contribution in [1.82, 2.24) is 0 Å². The minimum absolute atomic E-state index is 0.102. The molecule has 0 radical (unpaired) electrons. The Morgan fingerprint density at radius 3 is 2.33 bits per heavy atom. The largest absolute Gasteiger partial charge is 0.356 e. The van der Waals surface area contributed by atoms with Crippen molar-refractivity contribution < 1.29 is 9.47 Å². The standard InChI is InChI=1S/C16H20O2/c1-17-16(18-2)15-13-9-8-12(10-13)14(15)11-6-4-3-5-7-11/h3-9,12-16H,10H2,1-2H3/t12-,13+,14-,15-/m0/s1. The van der Waals surface area contributed by atoms with E-state index in [0.717, 1.165) is 0 Å². The van der Waals surface area contributed by atoms with Crippen molar-refractivity contribution in [3.8, 4) is 0 Å². The highest BCUT2D eigenvalue weighted by atomic mass is 16.7. The Morgan fingerprint density at radius 1 is 1.00 bits per heavy atom. The molecule has 3 rings (SSSR count). The number of hydrogen-bond acceptors (Lipinski definition) is 2. The summed E-state index contributed by atoms with van der Waals surface area (Å²) in [4.78, 5) is 0. The Labute approximate surface area is 109 Å². The van der Waals surface area contributed by atoms with Crippen molar-refractivity contribution in [3.63, 3.8) is 0 Å². The smallest absolute Gasteiger partial charge is 0.160 e. The molecule has 0 N–H and O–H groups in total. The lowest BCUT2D eigenvalue weighted by Gasteiger charge is -2.33. The van der Waals surface area contributed by atoms with Crippen LogP contribution in [0.15, 0.2) is 42.5 Å². The first-order valence-corrected chi connectivity index (χ1v) is 6.64. The molecule has 0 saturated heterocycles. The molecular weight excluding hydrogens is 224 g/mol. The van der Waals surface area contributed by atoms with Crippen molar-refractivity contribution >= 4 is 0 Å². The highest BCUT2D eigenvalue weighted by Gasteiger charge is 2.48. The van der Waals surface area contributed by atoms with E-state index in [9.17, 15) is 0 Å². The number of methoxy groups -OCH3 is 2. The summed E-state index contributed by atoms with van der Waals surface area (Å²) >= 11 is 0. The predicted molar refractivity (Wildman–Crippen MR) is 71.2 cm³/mol. The zero-order valence-corrected chi connectivity index (χ0v) is 11.0. The van der Waals surface area contributed by atoms with Crippen LogP contribution >= 0.6 is 0 Å². The summed E-state index contributed by atoms with van der Waals surface area (Å²) in [6.07, 6.45) is 5.87. The fourth-order valence-electron chi connectivity index (χ4n) is 3.79. The molecule has 4 atom stereocenters. The van der Waals surface area contributed by atoms with Crippen LogP contribution in [0, 0.1) is 17.8 Å². The van der Waals surface area contributed by atoms with Crippen molar-refractivity contribution in [2.24, 2.45) is 17.8 Å². The van der Waals surface area contributed by atoms with E-state index in [1.165, 1.54) is 12.0 Å². The van der Waals surface area contributed by atoms with Crippen LogP contribution in [-0.2, 0) is 9.47 Å². The van der Waals surface area contributed by atoms with Gasteiger partial charge >= 0.3 is 0 Å². The molecule has 1 saturated carbocycles. The van der Waals surface area contributed by atoms with Crippen LogP contribution in [-0.4, -0.2) is 20.5 Å². The minimum Gasteiger partial charge on any atom is -0.356 e. The van der Waals surface area contributed by atoms with E-state index in [4.69, 9.17) is 9.47 Å². The Hall–Kier alpha value is -1.12. The third kappa shape index (κ3) is 1.80. The van der Waals surface area contributed by atoms with E-state index in [0.29, 0.717) is 23.7 Å². The Kier molecular flexibility index (Phi) is 3.23. The van der Waals surface area contributed by atoms with Crippen molar-refractivity contribution in [2.75, 3.05) is 14.2 Å². The SMILES string of the molecule is COC(OC)[C@@H]1[C@@H](c2ccccc2)[C@H]2C=C[C@@H]1C2. The Bertz CT molecular complexity index is 422. The topological polar surface area (TPSA) is 18.5 Å². The lowest BCUT2D eigenvalue weighted by atomic mass is 9.78. The first kappa shape index (κ1) is 11.9. The van der Waals surface area contributed by atoms with E-state index in [2.05, 4.69) is 42.5 Å². The average Bonchev–Trinajstić information content (AvgIpc) is 3.02. The molecule has 1 fully saturated rings. The van der Waals surface area contributed by atoms with Gasteiger partial charge in [-0.1, -0.05) is 42.5 Å². The molecule has 0 amide bonds. The Balaban J connectivity index is 1.94. The second-order valence-electron chi connectivity index (χ2n) is 5.30. The van der Waals surface area contributed by atoms with Gasteiger partial charge in [-0.2, -0.15) is 0 Å². The van der Waals surface area contributed by atoms with Crippen LogP contribution in [0.1, 0.15) is 17.9 Å². The van der Waals surface area contributed by atoms with Gasteiger partial charge in [-0.3, -0.25) is 0 Å². The fraction of sp³-hybridized carbons (Fsp3) is 0.500. The number of hydrogen-bond donors (Lipinski definition) is 0. The van der Waals surface area contributed by atoms with Crippen molar-refractivity contribution in [1.29, 1.82) is 0 Å². The second-order valence-corrected chi connectivity index (χ2v) is 5.30. The molecular formula is C16H20O2. The highest BCUT2D eigenvalue weighted by Crippen LogP contribution is 2.54. The third-order valence-corrected chi connectivity index (χ3v) is 4.48. The van der Waals surface area contributed by atoms with Crippen LogP contribution in [0.3, 0.4) is 0 Å². The summed E-state index contributed by atoms with van der Waals surface area (Å²) in [5.74, 6) is 2.23. The number of benzene rings is 1. The molecule has 0 unspecified atom stereocenters. The molecule has 0 aromatic heterocycles. The molecule has 96 valence electrons. The van der Waals surface area contributed by atoms with Crippen LogP contribution < -0.4 is 0 Å². The quantitative estimate of drug-likeness (QED) is 0.598. The molecule has 18 heavy (non-hydrogen) atoms. The van der Waals surface area contributed by atoms with Gasteiger partial charge in [-0.15, -0.1) is 0 Å². The first-order chi connectivity index (χ1) is 8.85. The molecule has 2 bridgehead atoms. The summed E-state index contributed by atoms with van der Waals surface area (Å²) in [6.45, 7) is 0. The molecule has 2 nitrogen and oxygen atoms in total. The maximum absolute atomic E-state index is 5.53. The minimum atomic E-state index is -0.102. The monoisotopic (exact) mass is 244 g/mol. The van der Waals surface area contributed by atoms with Crippen LogP contribution in [0.25, 0.3) is 0 Å². The van der Waals surface area contributed by atoms with Gasteiger partial charge in [0.2, 0.25) is 0 Å². The molecule has 2 aliphatic carbocycles. The van der Waals surface area contributed by atoms with Gasteiger partial charge in [0.25, 0.3) is 0 Å². The maximum atomic E-state index is 5.53. The lowest BCUT2D eigenvalue weighted by molar-refractivity contribution is -0.146. The van der Waals surface area contributed by atoms with Crippen LogP contribution in [0.2, 0.25) is 0 Å². The number of allylic oxidation sites excluding steroid dienone is 2. The summed E-state index contributed by atoms with van der Waals surface area (Å²) in [5, 5.41) is 0. The first-order valence-electron chi connectivity index (χ1n) is 6.64. The molecule has 0 aliphatic heterocycles. The predicted octanol–water partition coefficient (Wildman–Crippen LogP) is 3.21. The molecule has 1 aromatic rings. The van der Waals surface area contributed by atoms with Gasteiger partial charge in [0, 0.05) is 20.1 Å². The van der Waals surface area contributed by atoms with Gasteiger partial charge in [0.15, 0.2) is 6.29 Å². The van der Waals surface area contributed by atoms with E-state index < -0.39 is 0 Å². The van der Waals surface area contributed by atoms with Gasteiger partial charge in [0.05, 0.1) is 0 Å². The zero-order valence-electron chi connectivity index (χ0n) is 11.0. The number of ether oxygens (including phenoxy) is 2. The summed E-state index contributed by atoms with van der Waals surface area (Å²) in [7, 11) is 3.48. The summed E-state index contributed by atoms with van der Waals surface area (Å²) in [5.41, 5.74) is 1.42. The van der Waals surface area contributed by atoms with Crippen LogP contribution in [0.5, 0.6) is 0 Å². The lowest BCUT2D eigenvalue weighted by Crippen LogP contribution is -2.32. The average molecular weight is 244 g/mol. The van der Waals surface area contributed by atoms with Gasteiger partial charge < -0.3 is 9.47 Å². The maximum Gasteiger partial charge on any atom is 0.160 e. The normalized spacial score (nSPS) is 33.5. The fourth-order valence-corrected chi connectivity index (χ4v) is 3.79. The zero-order chi connectivity index (χ0) is 12.5. The molecule has 2 heteroatoms. The van der Waals surface area contributed by atoms with Crippen molar-refractivity contribution in [3.05, 3.63) is 48.0 Å². The second kappa shape index (κ2) is 4.87. The van der Waals surface area contributed by atoms with E-state index >= 15 is 0 Å². The molecule has 0 heterocycles. The highest BCUT2D eigenvalue weighted by molar-refractivity contribution is 5.29. The van der Waals surface area contributed by atoms with Gasteiger partial charge in [-0.05, 0) is 29.7 Å². The third-order valence-electron chi connectivity index (χ3n) is 4.48.